The summed E-state index contributed by atoms with van der Waals surface area (Å²) in [5.41, 5.74) is 0.619. The molecule has 1 unspecified atom stereocenters. The lowest BCUT2D eigenvalue weighted by molar-refractivity contribution is -0.0323. The van der Waals surface area contributed by atoms with E-state index in [1.165, 1.54) is 6.07 Å². The van der Waals surface area contributed by atoms with Gasteiger partial charge in [-0.15, -0.1) is 0 Å². The van der Waals surface area contributed by atoms with Gasteiger partial charge in [0.15, 0.2) is 0 Å². The zero-order valence-electron chi connectivity index (χ0n) is 10.4. The summed E-state index contributed by atoms with van der Waals surface area (Å²) in [7, 11) is 4.25. The van der Waals surface area contributed by atoms with Gasteiger partial charge in [0.1, 0.15) is 5.75 Å². The number of halogens is 2. The van der Waals surface area contributed by atoms with E-state index >= 15 is 0 Å². The number of benzene rings is 1. The predicted octanol–water partition coefficient (Wildman–Crippen LogP) is 2.08. The summed E-state index contributed by atoms with van der Waals surface area (Å²) >= 11 is 0. The van der Waals surface area contributed by atoms with Gasteiger partial charge in [-0.3, -0.25) is 0 Å². The van der Waals surface area contributed by atoms with Gasteiger partial charge in [0, 0.05) is 18.0 Å². The molecular formula is C12H15BF2NO2. The summed E-state index contributed by atoms with van der Waals surface area (Å²) in [5.74, 6) is -2.62. The molecule has 0 bridgehead atoms. The van der Waals surface area contributed by atoms with Crippen LogP contribution in [-0.4, -0.2) is 31.7 Å². The molecule has 1 radical (unpaired) electrons. The maximum absolute atomic E-state index is 13.9. The van der Waals surface area contributed by atoms with E-state index < -0.39 is 5.92 Å². The largest absolute Gasteiger partial charge is 0.569 e. The number of alkyl halides is 2. The number of hydrogen-bond acceptors (Lipinski definition) is 3. The fourth-order valence-electron chi connectivity index (χ4n) is 2.42. The third-order valence-electron chi connectivity index (χ3n) is 3.32. The van der Waals surface area contributed by atoms with E-state index in [1.54, 1.807) is 12.1 Å². The van der Waals surface area contributed by atoms with Crippen molar-refractivity contribution in [3.8, 4) is 5.75 Å². The monoisotopic (exact) mass is 254 g/mol. The molecule has 1 aliphatic rings. The van der Waals surface area contributed by atoms with Crippen LogP contribution in [0.3, 0.4) is 0 Å². The molecule has 0 saturated heterocycles. The van der Waals surface area contributed by atoms with Gasteiger partial charge >= 0.3 is 7.69 Å². The van der Waals surface area contributed by atoms with Crippen molar-refractivity contribution in [2.24, 2.45) is 0 Å². The molecule has 0 saturated carbocycles. The molecule has 1 aromatic rings. The van der Waals surface area contributed by atoms with Crippen molar-refractivity contribution >= 4 is 7.69 Å². The maximum atomic E-state index is 13.9. The molecule has 0 aromatic heterocycles. The van der Waals surface area contributed by atoms with Crippen molar-refractivity contribution in [3.05, 3.63) is 29.3 Å². The second-order valence-corrected chi connectivity index (χ2v) is 4.69. The summed E-state index contributed by atoms with van der Waals surface area (Å²) in [6.45, 7) is 0. The fourth-order valence-corrected chi connectivity index (χ4v) is 2.42. The third-order valence-corrected chi connectivity index (χ3v) is 3.32. The van der Waals surface area contributed by atoms with Crippen molar-refractivity contribution in [2.75, 3.05) is 14.1 Å². The fraction of sp³-hybridized carbons (Fsp3) is 0.500. The van der Waals surface area contributed by atoms with Gasteiger partial charge in [-0.05, 0) is 38.2 Å². The quantitative estimate of drug-likeness (QED) is 0.838. The zero-order chi connectivity index (χ0) is 13.3. The van der Waals surface area contributed by atoms with E-state index in [-0.39, 0.29) is 23.8 Å². The minimum absolute atomic E-state index is 0.00759. The number of nitrogens with zero attached hydrogens (tertiary/aromatic N) is 1. The standard InChI is InChI=1S/C12H15BF2NO2/c1-16(2)11-5-6-12(14,15)10-7-8(18-13-17)3-4-9(10)11/h3-4,7,11,17H,5-6H2,1-2H3. The Morgan fingerprint density at radius 3 is 2.78 bits per heavy atom. The lowest BCUT2D eigenvalue weighted by atomic mass is 9.84. The second-order valence-electron chi connectivity index (χ2n) is 4.69. The van der Waals surface area contributed by atoms with E-state index in [0.29, 0.717) is 19.7 Å². The van der Waals surface area contributed by atoms with Crippen molar-refractivity contribution in [3.63, 3.8) is 0 Å². The van der Waals surface area contributed by atoms with Gasteiger partial charge in [-0.25, -0.2) is 8.78 Å². The average molecular weight is 254 g/mol. The number of rotatable bonds is 3. The average Bonchev–Trinajstić information content (AvgIpc) is 2.29. The molecule has 1 aliphatic carbocycles. The molecule has 0 fully saturated rings. The van der Waals surface area contributed by atoms with Gasteiger partial charge in [0.2, 0.25) is 0 Å². The highest BCUT2D eigenvalue weighted by molar-refractivity contribution is 6.17. The molecule has 3 nitrogen and oxygen atoms in total. The summed E-state index contributed by atoms with van der Waals surface area (Å²) in [6, 6.07) is 4.53. The van der Waals surface area contributed by atoms with Crippen LogP contribution < -0.4 is 4.65 Å². The van der Waals surface area contributed by atoms with Crippen LogP contribution in [0.5, 0.6) is 5.75 Å². The Bertz CT molecular complexity index is 440. The van der Waals surface area contributed by atoms with E-state index in [2.05, 4.69) is 0 Å². The molecule has 0 aliphatic heterocycles. The van der Waals surface area contributed by atoms with E-state index in [9.17, 15) is 8.78 Å². The first-order chi connectivity index (χ1) is 8.45. The molecule has 18 heavy (non-hydrogen) atoms. The zero-order valence-corrected chi connectivity index (χ0v) is 10.4. The Morgan fingerprint density at radius 1 is 1.44 bits per heavy atom. The van der Waals surface area contributed by atoms with Crippen LogP contribution in [0.1, 0.15) is 30.0 Å². The smallest absolute Gasteiger partial charge is 0.537 e. The van der Waals surface area contributed by atoms with Crippen molar-refractivity contribution in [1.82, 2.24) is 4.90 Å². The molecule has 0 amide bonds. The van der Waals surface area contributed by atoms with Crippen LogP contribution in [0.15, 0.2) is 18.2 Å². The van der Waals surface area contributed by atoms with Crippen molar-refractivity contribution in [2.45, 2.75) is 24.8 Å². The third kappa shape index (κ3) is 2.35. The molecule has 0 spiro atoms. The van der Waals surface area contributed by atoms with Crippen molar-refractivity contribution < 1.29 is 18.5 Å². The normalized spacial score (nSPS) is 21.6. The van der Waals surface area contributed by atoms with Gasteiger partial charge in [-0.2, -0.15) is 0 Å². The van der Waals surface area contributed by atoms with Gasteiger partial charge in [-0.1, -0.05) is 6.07 Å². The van der Waals surface area contributed by atoms with Crippen LogP contribution in [-0.2, 0) is 5.92 Å². The number of fused-ring (bicyclic) bond motifs is 1. The van der Waals surface area contributed by atoms with E-state index in [1.807, 2.05) is 19.0 Å². The number of hydrogen-bond donors (Lipinski definition) is 1. The molecule has 6 heteroatoms. The first kappa shape index (κ1) is 13.3. The Kier molecular flexibility index (Phi) is 3.59. The van der Waals surface area contributed by atoms with Gasteiger partial charge in [0.05, 0.1) is 0 Å². The van der Waals surface area contributed by atoms with Crippen LogP contribution in [0, 0.1) is 0 Å². The SMILES string of the molecule is CN(C)C1CCC(F)(F)c2cc(O[B]O)ccc21. The van der Waals surface area contributed by atoms with E-state index in [0.717, 1.165) is 0 Å². The summed E-state index contributed by atoms with van der Waals surface area (Å²) in [4.78, 5) is 1.94. The molecular weight excluding hydrogens is 239 g/mol. The molecule has 97 valence electrons. The van der Waals surface area contributed by atoms with Crippen LogP contribution >= 0.6 is 0 Å². The Morgan fingerprint density at radius 2 is 2.17 bits per heavy atom. The highest BCUT2D eigenvalue weighted by Gasteiger charge is 2.41. The summed E-state index contributed by atoms with van der Waals surface area (Å²) in [6.07, 6.45) is 0.258. The van der Waals surface area contributed by atoms with Gasteiger partial charge in [0.25, 0.3) is 5.92 Å². The first-order valence-corrected chi connectivity index (χ1v) is 5.77. The van der Waals surface area contributed by atoms with E-state index in [4.69, 9.17) is 9.68 Å². The Labute approximate surface area is 106 Å². The highest BCUT2D eigenvalue weighted by atomic mass is 19.3. The van der Waals surface area contributed by atoms with Crippen LogP contribution in [0.4, 0.5) is 8.78 Å². The lowest BCUT2D eigenvalue weighted by Gasteiger charge is -2.35. The molecule has 0 heterocycles. The summed E-state index contributed by atoms with van der Waals surface area (Å²) in [5, 5.41) is 8.55. The minimum Gasteiger partial charge on any atom is -0.537 e. The van der Waals surface area contributed by atoms with Crippen LogP contribution in [0.25, 0.3) is 0 Å². The minimum atomic E-state index is -2.84. The molecule has 2 rings (SSSR count). The second kappa shape index (κ2) is 4.86. The predicted molar refractivity (Wildman–Crippen MR) is 64.6 cm³/mol. The maximum Gasteiger partial charge on any atom is 0.569 e. The molecule has 1 N–H and O–H groups in total. The van der Waals surface area contributed by atoms with Gasteiger partial charge < -0.3 is 14.6 Å². The summed E-state index contributed by atoms with van der Waals surface area (Å²) < 4.78 is 32.6. The molecule has 1 aromatic carbocycles. The lowest BCUT2D eigenvalue weighted by Crippen LogP contribution is -2.30. The topological polar surface area (TPSA) is 32.7 Å². The van der Waals surface area contributed by atoms with Crippen molar-refractivity contribution in [1.29, 1.82) is 0 Å². The van der Waals surface area contributed by atoms with Crippen LogP contribution in [0.2, 0.25) is 0 Å². The Hall–Kier alpha value is -1.14. The Balaban J connectivity index is 2.45. The highest BCUT2D eigenvalue weighted by Crippen LogP contribution is 2.46. The molecule has 1 atom stereocenters. The first-order valence-electron chi connectivity index (χ1n) is 5.77.